The van der Waals surface area contributed by atoms with Gasteiger partial charge >= 0.3 is 6.09 Å². The third kappa shape index (κ3) is 2.59. The van der Waals surface area contributed by atoms with Crippen molar-refractivity contribution in [1.82, 2.24) is 10.2 Å². The van der Waals surface area contributed by atoms with Crippen molar-refractivity contribution in [2.45, 2.75) is 31.5 Å². The molecule has 0 aromatic heterocycles. The fourth-order valence-electron chi connectivity index (χ4n) is 3.24. The Morgan fingerprint density at radius 3 is 2.79 bits per heavy atom. The molecule has 0 radical (unpaired) electrons. The molecule has 1 aromatic rings. The SMILES string of the molecule is CN(C(=O)OCc1ccccc1)C1C[C@@H]2C[C@H]1CN2. The standard InChI is InChI=1S/C15H20N2O2/c1-17(14-8-13-7-12(14)9-16-13)15(18)19-10-11-5-3-2-4-6-11/h2-6,12-14,16H,7-10H2,1H3/t12-,13-,14?/m0/s1. The summed E-state index contributed by atoms with van der Waals surface area (Å²) in [7, 11) is 1.86. The van der Waals surface area contributed by atoms with Crippen LogP contribution in [-0.4, -0.2) is 36.7 Å². The average Bonchev–Trinajstić information content (AvgIpc) is 3.07. The summed E-state index contributed by atoms with van der Waals surface area (Å²) in [6.07, 6.45) is 2.05. The highest BCUT2D eigenvalue weighted by atomic mass is 16.6. The second-order valence-corrected chi connectivity index (χ2v) is 5.56. The molecule has 1 aliphatic heterocycles. The minimum Gasteiger partial charge on any atom is -0.445 e. The molecule has 1 aliphatic carbocycles. The lowest BCUT2D eigenvalue weighted by Gasteiger charge is -2.31. The van der Waals surface area contributed by atoms with Gasteiger partial charge in [0.2, 0.25) is 0 Å². The number of amides is 1. The summed E-state index contributed by atoms with van der Waals surface area (Å²) in [5.41, 5.74) is 1.03. The molecule has 2 aliphatic rings. The maximum atomic E-state index is 12.1. The average molecular weight is 260 g/mol. The maximum Gasteiger partial charge on any atom is 0.410 e. The summed E-state index contributed by atoms with van der Waals surface area (Å²) in [4.78, 5) is 13.8. The van der Waals surface area contributed by atoms with Gasteiger partial charge in [-0.2, -0.15) is 0 Å². The van der Waals surface area contributed by atoms with E-state index in [4.69, 9.17) is 4.74 Å². The van der Waals surface area contributed by atoms with Gasteiger partial charge in [-0.1, -0.05) is 30.3 Å². The Kier molecular flexibility index (Phi) is 3.42. The van der Waals surface area contributed by atoms with Crippen LogP contribution in [0.15, 0.2) is 30.3 Å². The first-order valence-electron chi connectivity index (χ1n) is 6.91. The minimum absolute atomic E-state index is 0.207. The number of rotatable bonds is 3. The normalized spacial score (nSPS) is 28.4. The molecule has 1 unspecified atom stereocenters. The first kappa shape index (κ1) is 12.5. The van der Waals surface area contributed by atoms with Crippen LogP contribution in [0.4, 0.5) is 4.79 Å². The molecule has 1 N–H and O–H groups in total. The van der Waals surface area contributed by atoms with Crippen LogP contribution < -0.4 is 5.32 Å². The van der Waals surface area contributed by atoms with E-state index in [1.54, 1.807) is 4.90 Å². The Labute approximate surface area is 113 Å². The molecule has 1 aromatic carbocycles. The molecule has 1 saturated heterocycles. The van der Waals surface area contributed by atoms with E-state index in [0.29, 0.717) is 24.6 Å². The van der Waals surface area contributed by atoms with Crippen LogP contribution in [0, 0.1) is 5.92 Å². The van der Waals surface area contributed by atoms with Gasteiger partial charge in [-0.15, -0.1) is 0 Å². The zero-order valence-electron chi connectivity index (χ0n) is 11.2. The molecule has 2 fully saturated rings. The molecule has 4 nitrogen and oxygen atoms in total. The van der Waals surface area contributed by atoms with Crippen molar-refractivity contribution < 1.29 is 9.53 Å². The lowest BCUT2D eigenvalue weighted by molar-refractivity contribution is 0.0814. The first-order chi connectivity index (χ1) is 9.24. The number of hydrogen-bond donors (Lipinski definition) is 1. The van der Waals surface area contributed by atoms with Gasteiger partial charge in [0.15, 0.2) is 0 Å². The summed E-state index contributed by atoms with van der Waals surface area (Å²) in [6, 6.07) is 10.7. The number of piperidine rings is 1. The second-order valence-electron chi connectivity index (χ2n) is 5.56. The van der Waals surface area contributed by atoms with Gasteiger partial charge in [0.05, 0.1) is 0 Å². The van der Waals surface area contributed by atoms with E-state index in [1.807, 2.05) is 37.4 Å². The maximum absolute atomic E-state index is 12.1. The van der Waals surface area contributed by atoms with Crippen molar-refractivity contribution in [2.24, 2.45) is 5.92 Å². The number of fused-ring (bicyclic) bond motifs is 2. The number of hydrogen-bond acceptors (Lipinski definition) is 3. The van der Waals surface area contributed by atoms with Crippen LogP contribution in [0.3, 0.4) is 0 Å². The number of benzene rings is 1. The lowest BCUT2D eigenvalue weighted by Crippen LogP contribution is -2.45. The molecule has 2 bridgehead atoms. The Balaban J connectivity index is 1.53. The molecular weight excluding hydrogens is 240 g/mol. The van der Waals surface area contributed by atoms with Gasteiger partial charge in [0.1, 0.15) is 6.61 Å². The topological polar surface area (TPSA) is 41.6 Å². The molecular formula is C15H20N2O2. The molecule has 3 rings (SSSR count). The highest BCUT2D eigenvalue weighted by Gasteiger charge is 2.42. The molecule has 1 amide bonds. The molecule has 102 valence electrons. The van der Waals surface area contributed by atoms with E-state index in [2.05, 4.69) is 5.32 Å². The summed E-state index contributed by atoms with van der Waals surface area (Å²) in [6.45, 7) is 1.38. The number of nitrogens with one attached hydrogen (secondary N) is 1. The van der Waals surface area contributed by atoms with E-state index >= 15 is 0 Å². The van der Waals surface area contributed by atoms with Crippen molar-refractivity contribution >= 4 is 6.09 Å². The summed E-state index contributed by atoms with van der Waals surface area (Å²) < 4.78 is 5.38. The number of nitrogens with zero attached hydrogens (tertiary/aromatic N) is 1. The highest BCUT2D eigenvalue weighted by molar-refractivity contribution is 5.67. The Hall–Kier alpha value is -1.55. The Morgan fingerprint density at radius 2 is 2.16 bits per heavy atom. The van der Waals surface area contributed by atoms with Crippen LogP contribution in [0.5, 0.6) is 0 Å². The van der Waals surface area contributed by atoms with Crippen molar-refractivity contribution in [2.75, 3.05) is 13.6 Å². The Bertz CT molecular complexity index is 449. The molecule has 1 heterocycles. The van der Waals surface area contributed by atoms with E-state index in [1.165, 1.54) is 6.42 Å². The molecule has 0 spiro atoms. The predicted molar refractivity (Wildman–Crippen MR) is 72.7 cm³/mol. The zero-order valence-corrected chi connectivity index (χ0v) is 11.2. The van der Waals surface area contributed by atoms with Gasteiger partial charge in [0, 0.05) is 25.7 Å². The van der Waals surface area contributed by atoms with E-state index in [9.17, 15) is 4.79 Å². The van der Waals surface area contributed by atoms with Crippen LogP contribution >= 0.6 is 0 Å². The zero-order chi connectivity index (χ0) is 13.2. The van der Waals surface area contributed by atoms with Crippen LogP contribution in [0.1, 0.15) is 18.4 Å². The summed E-state index contributed by atoms with van der Waals surface area (Å²) in [5, 5.41) is 3.46. The lowest BCUT2D eigenvalue weighted by atomic mass is 10.0. The number of ether oxygens (including phenoxy) is 1. The Morgan fingerprint density at radius 1 is 1.37 bits per heavy atom. The predicted octanol–water partition coefficient (Wildman–Crippen LogP) is 2.01. The van der Waals surface area contributed by atoms with Gasteiger partial charge < -0.3 is 15.0 Å². The van der Waals surface area contributed by atoms with Crippen molar-refractivity contribution in [3.05, 3.63) is 35.9 Å². The van der Waals surface area contributed by atoms with Crippen LogP contribution in [0.2, 0.25) is 0 Å². The molecule has 19 heavy (non-hydrogen) atoms. The monoisotopic (exact) mass is 260 g/mol. The smallest absolute Gasteiger partial charge is 0.410 e. The fraction of sp³-hybridized carbons (Fsp3) is 0.533. The van der Waals surface area contributed by atoms with Crippen LogP contribution in [-0.2, 0) is 11.3 Å². The van der Waals surface area contributed by atoms with Crippen LogP contribution in [0.25, 0.3) is 0 Å². The van der Waals surface area contributed by atoms with E-state index in [0.717, 1.165) is 18.5 Å². The van der Waals surface area contributed by atoms with E-state index in [-0.39, 0.29) is 6.09 Å². The third-order valence-corrected chi connectivity index (χ3v) is 4.32. The van der Waals surface area contributed by atoms with E-state index < -0.39 is 0 Å². The van der Waals surface area contributed by atoms with Gasteiger partial charge in [-0.05, 0) is 24.3 Å². The molecule has 3 atom stereocenters. The third-order valence-electron chi connectivity index (χ3n) is 4.32. The first-order valence-corrected chi connectivity index (χ1v) is 6.91. The molecule has 1 saturated carbocycles. The summed E-state index contributed by atoms with van der Waals surface area (Å²) in [5.74, 6) is 0.597. The quantitative estimate of drug-likeness (QED) is 0.904. The summed E-state index contributed by atoms with van der Waals surface area (Å²) >= 11 is 0. The minimum atomic E-state index is -0.207. The fourth-order valence-corrected chi connectivity index (χ4v) is 3.24. The van der Waals surface area contributed by atoms with Gasteiger partial charge in [0.25, 0.3) is 0 Å². The number of carbonyl (C=O) groups excluding carboxylic acids is 1. The molecule has 4 heteroatoms. The van der Waals surface area contributed by atoms with Gasteiger partial charge in [-0.25, -0.2) is 4.79 Å². The number of carbonyl (C=O) groups is 1. The van der Waals surface area contributed by atoms with Gasteiger partial charge in [-0.3, -0.25) is 0 Å². The second kappa shape index (κ2) is 5.21. The van der Waals surface area contributed by atoms with Crippen molar-refractivity contribution in [3.63, 3.8) is 0 Å². The van der Waals surface area contributed by atoms with Crippen molar-refractivity contribution in [1.29, 1.82) is 0 Å². The van der Waals surface area contributed by atoms with Crippen molar-refractivity contribution in [3.8, 4) is 0 Å². The highest BCUT2D eigenvalue weighted by Crippen LogP contribution is 2.34. The largest absolute Gasteiger partial charge is 0.445 e.